The normalized spacial score (nSPS) is 19.1. The van der Waals surface area contributed by atoms with E-state index in [1.165, 1.54) is 17.0 Å². The molecule has 1 aliphatic rings. The van der Waals surface area contributed by atoms with Crippen molar-refractivity contribution in [2.24, 2.45) is 0 Å². The number of hydrogen-bond donors (Lipinski definition) is 1. The van der Waals surface area contributed by atoms with E-state index in [4.69, 9.17) is 9.47 Å². The van der Waals surface area contributed by atoms with Crippen molar-refractivity contribution in [1.29, 1.82) is 0 Å². The van der Waals surface area contributed by atoms with Crippen LogP contribution in [0.3, 0.4) is 0 Å². The van der Waals surface area contributed by atoms with Crippen LogP contribution in [-0.2, 0) is 11.3 Å². The van der Waals surface area contributed by atoms with E-state index in [0.717, 1.165) is 27.6 Å². The van der Waals surface area contributed by atoms with Gasteiger partial charge in [0.1, 0.15) is 11.6 Å². The molecule has 0 bridgehead atoms. The maximum atomic E-state index is 13.3. The van der Waals surface area contributed by atoms with Gasteiger partial charge in [-0.1, -0.05) is 36.4 Å². The van der Waals surface area contributed by atoms with E-state index in [1.54, 1.807) is 19.2 Å². The fraction of sp³-hybridized carbons (Fsp3) is 0.292. The number of amides is 1. The maximum absolute atomic E-state index is 13.3. The van der Waals surface area contributed by atoms with E-state index in [0.29, 0.717) is 26.1 Å². The summed E-state index contributed by atoms with van der Waals surface area (Å²) in [7, 11) is 1.65. The Labute approximate surface area is 174 Å². The number of methoxy groups -OCH3 is 1. The van der Waals surface area contributed by atoms with Crippen molar-refractivity contribution in [1.82, 2.24) is 4.90 Å². The Balaban J connectivity index is 1.54. The minimum atomic E-state index is -0.945. The standard InChI is InChI=1S/C24H24FNO4/c1-29-22-4-2-3-18-13-16(5-10-20(18)22)15-30-23-14-26(24(27)28)12-11-21(23)17-6-8-19(25)9-7-17/h2-10,13,21,23H,11-12,14-15H2,1H3,(H,27,28). The van der Waals surface area contributed by atoms with Crippen molar-refractivity contribution in [3.05, 3.63) is 77.6 Å². The third kappa shape index (κ3) is 4.24. The van der Waals surface area contributed by atoms with Gasteiger partial charge in [-0.2, -0.15) is 0 Å². The zero-order valence-electron chi connectivity index (χ0n) is 16.8. The molecule has 4 rings (SSSR count). The molecule has 5 nitrogen and oxygen atoms in total. The summed E-state index contributed by atoms with van der Waals surface area (Å²) in [6.07, 6.45) is -0.613. The minimum Gasteiger partial charge on any atom is -0.496 e. The minimum absolute atomic E-state index is 0.0155. The lowest BCUT2D eigenvalue weighted by atomic mass is 9.87. The van der Waals surface area contributed by atoms with E-state index in [2.05, 4.69) is 6.07 Å². The zero-order chi connectivity index (χ0) is 21.1. The van der Waals surface area contributed by atoms with Gasteiger partial charge < -0.3 is 19.5 Å². The summed E-state index contributed by atoms with van der Waals surface area (Å²) in [5.74, 6) is 0.549. The number of hydrogen-bond acceptors (Lipinski definition) is 3. The van der Waals surface area contributed by atoms with Gasteiger partial charge in [0.2, 0.25) is 0 Å². The van der Waals surface area contributed by atoms with Crippen molar-refractivity contribution in [3.63, 3.8) is 0 Å². The van der Waals surface area contributed by atoms with Crippen LogP contribution in [0.5, 0.6) is 5.75 Å². The molecule has 1 saturated heterocycles. The average Bonchev–Trinajstić information content (AvgIpc) is 2.77. The number of piperidine rings is 1. The molecular weight excluding hydrogens is 385 g/mol. The molecule has 1 heterocycles. The Morgan fingerprint density at radius 2 is 1.97 bits per heavy atom. The average molecular weight is 409 g/mol. The Hall–Kier alpha value is -3.12. The second kappa shape index (κ2) is 8.71. The van der Waals surface area contributed by atoms with Gasteiger partial charge in [0.15, 0.2) is 0 Å². The number of rotatable bonds is 5. The SMILES string of the molecule is COc1cccc2cc(COC3CN(C(=O)O)CCC3c3ccc(F)cc3)ccc12. The van der Waals surface area contributed by atoms with E-state index in [9.17, 15) is 14.3 Å². The van der Waals surface area contributed by atoms with E-state index in [1.807, 2.05) is 30.3 Å². The number of halogens is 1. The molecule has 1 fully saturated rings. The second-order valence-corrected chi connectivity index (χ2v) is 7.54. The van der Waals surface area contributed by atoms with Gasteiger partial charge in [0.05, 0.1) is 26.4 Å². The lowest BCUT2D eigenvalue weighted by Gasteiger charge is -2.37. The summed E-state index contributed by atoms with van der Waals surface area (Å²) in [4.78, 5) is 12.9. The van der Waals surface area contributed by atoms with E-state index < -0.39 is 6.09 Å². The predicted octanol–water partition coefficient (Wildman–Crippen LogP) is 5.04. The highest BCUT2D eigenvalue weighted by atomic mass is 19.1. The number of likely N-dealkylation sites (tertiary alicyclic amines) is 1. The van der Waals surface area contributed by atoms with Crippen molar-refractivity contribution in [2.45, 2.75) is 25.0 Å². The Morgan fingerprint density at radius 3 is 2.70 bits per heavy atom. The Bertz CT molecular complexity index is 1040. The summed E-state index contributed by atoms with van der Waals surface area (Å²) < 4.78 is 25.0. The van der Waals surface area contributed by atoms with Gasteiger partial charge in [0, 0.05) is 17.8 Å². The van der Waals surface area contributed by atoms with Gasteiger partial charge in [-0.3, -0.25) is 0 Å². The number of benzene rings is 3. The zero-order valence-corrected chi connectivity index (χ0v) is 16.8. The molecule has 156 valence electrons. The van der Waals surface area contributed by atoms with Crippen LogP contribution in [0.4, 0.5) is 9.18 Å². The van der Waals surface area contributed by atoms with Crippen LogP contribution in [0.2, 0.25) is 0 Å². The molecule has 0 radical (unpaired) electrons. The fourth-order valence-corrected chi connectivity index (χ4v) is 4.12. The maximum Gasteiger partial charge on any atom is 0.407 e. The fourth-order valence-electron chi connectivity index (χ4n) is 4.12. The molecule has 0 saturated carbocycles. The molecule has 0 spiro atoms. The summed E-state index contributed by atoms with van der Waals surface area (Å²) >= 11 is 0. The second-order valence-electron chi connectivity index (χ2n) is 7.54. The van der Waals surface area contributed by atoms with Crippen molar-refractivity contribution in [3.8, 4) is 5.75 Å². The highest BCUT2D eigenvalue weighted by Crippen LogP contribution is 2.32. The van der Waals surface area contributed by atoms with Crippen molar-refractivity contribution >= 4 is 16.9 Å². The van der Waals surface area contributed by atoms with Crippen LogP contribution in [0.15, 0.2) is 60.7 Å². The monoisotopic (exact) mass is 409 g/mol. The number of nitrogens with zero attached hydrogens (tertiary/aromatic N) is 1. The molecule has 1 N–H and O–H groups in total. The lowest BCUT2D eigenvalue weighted by Crippen LogP contribution is -2.46. The molecule has 2 atom stereocenters. The number of ether oxygens (including phenoxy) is 2. The number of fused-ring (bicyclic) bond motifs is 1. The summed E-state index contributed by atoms with van der Waals surface area (Å²) in [5, 5.41) is 11.5. The first kappa shape index (κ1) is 20.2. The molecule has 30 heavy (non-hydrogen) atoms. The predicted molar refractivity (Wildman–Crippen MR) is 112 cm³/mol. The molecule has 6 heteroatoms. The third-order valence-electron chi connectivity index (χ3n) is 5.72. The highest BCUT2D eigenvalue weighted by Gasteiger charge is 2.33. The Morgan fingerprint density at radius 1 is 1.17 bits per heavy atom. The van der Waals surface area contributed by atoms with Crippen LogP contribution in [-0.4, -0.2) is 42.4 Å². The van der Waals surface area contributed by atoms with Gasteiger partial charge >= 0.3 is 6.09 Å². The van der Waals surface area contributed by atoms with Crippen LogP contribution in [0.25, 0.3) is 10.8 Å². The third-order valence-corrected chi connectivity index (χ3v) is 5.72. The molecular formula is C24H24FNO4. The molecule has 3 aromatic rings. The Kier molecular flexibility index (Phi) is 5.86. The van der Waals surface area contributed by atoms with Crippen LogP contribution in [0.1, 0.15) is 23.5 Å². The summed E-state index contributed by atoms with van der Waals surface area (Å²) in [6.45, 7) is 1.09. The molecule has 2 unspecified atom stereocenters. The molecule has 1 aliphatic heterocycles. The topological polar surface area (TPSA) is 59.0 Å². The van der Waals surface area contributed by atoms with Crippen molar-refractivity contribution in [2.75, 3.05) is 20.2 Å². The first-order valence-corrected chi connectivity index (χ1v) is 9.96. The first-order valence-electron chi connectivity index (χ1n) is 9.96. The quantitative estimate of drug-likeness (QED) is 0.641. The van der Waals surface area contributed by atoms with Gasteiger partial charge in [-0.25, -0.2) is 9.18 Å². The largest absolute Gasteiger partial charge is 0.496 e. The van der Waals surface area contributed by atoms with Crippen LogP contribution < -0.4 is 4.74 Å². The molecule has 1 amide bonds. The smallest absolute Gasteiger partial charge is 0.407 e. The first-order chi connectivity index (χ1) is 14.5. The summed E-state index contributed by atoms with van der Waals surface area (Å²) in [6, 6.07) is 18.3. The van der Waals surface area contributed by atoms with Gasteiger partial charge in [-0.05, 0) is 47.2 Å². The lowest BCUT2D eigenvalue weighted by molar-refractivity contribution is -0.0199. The molecule has 3 aromatic carbocycles. The van der Waals surface area contributed by atoms with E-state index >= 15 is 0 Å². The molecule has 0 aromatic heterocycles. The highest BCUT2D eigenvalue weighted by molar-refractivity contribution is 5.88. The van der Waals surface area contributed by atoms with Crippen LogP contribution >= 0.6 is 0 Å². The van der Waals surface area contributed by atoms with E-state index in [-0.39, 0.29) is 17.8 Å². The van der Waals surface area contributed by atoms with Gasteiger partial charge in [0.25, 0.3) is 0 Å². The summed E-state index contributed by atoms with van der Waals surface area (Å²) in [5.41, 5.74) is 1.97. The van der Waals surface area contributed by atoms with Gasteiger partial charge in [-0.15, -0.1) is 0 Å². The van der Waals surface area contributed by atoms with Crippen molar-refractivity contribution < 1.29 is 23.8 Å². The number of carbonyl (C=O) groups is 1. The number of carboxylic acid groups (broad SMARTS) is 1. The van der Waals surface area contributed by atoms with Crippen LogP contribution in [0, 0.1) is 5.82 Å². The molecule has 0 aliphatic carbocycles.